The second-order valence-corrected chi connectivity index (χ2v) is 4.21. The van der Waals surface area contributed by atoms with Gasteiger partial charge in [-0.2, -0.15) is 0 Å². The number of carbonyl (C=O) groups is 1. The van der Waals surface area contributed by atoms with Crippen LogP contribution < -0.4 is 0 Å². The normalized spacial score (nSPS) is 18.6. The molecule has 3 nitrogen and oxygen atoms in total. The minimum Gasteiger partial charge on any atom is -0.467 e. The van der Waals surface area contributed by atoms with Crippen molar-refractivity contribution in [1.82, 2.24) is 0 Å². The van der Waals surface area contributed by atoms with Crippen molar-refractivity contribution in [2.45, 2.75) is 24.4 Å². The highest BCUT2D eigenvalue weighted by Crippen LogP contribution is 2.52. The number of hydrogen-bond acceptors (Lipinski definition) is 3. The fourth-order valence-corrected chi connectivity index (χ4v) is 2.04. The molecule has 1 saturated carbocycles. The Morgan fingerprint density at radius 3 is 2.65 bits per heavy atom. The van der Waals surface area contributed by atoms with E-state index in [1.165, 1.54) is 0 Å². The van der Waals surface area contributed by atoms with Gasteiger partial charge < -0.3 is 9.84 Å². The van der Waals surface area contributed by atoms with E-state index in [2.05, 4.69) is 4.74 Å². The summed E-state index contributed by atoms with van der Waals surface area (Å²) in [5.41, 5.74) is -0.991. The van der Waals surface area contributed by atoms with Crippen molar-refractivity contribution < 1.29 is 23.4 Å². The second-order valence-electron chi connectivity index (χ2n) is 4.21. The zero-order chi connectivity index (χ0) is 12.6. The van der Waals surface area contributed by atoms with Crippen LogP contribution in [0, 0.1) is 11.6 Å². The van der Waals surface area contributed by atoms with Crippen LogP contribution in [0.5, 0.6) is 0 Å². The number of hydrogen-bond donors (Lipinski definition) is 1. The first kappa shape index (κ1) is 12.0. The molecule has 0 aromatic heterocycles. The SMILES string of the molecule is COC(=O)C(O)C1(c2cc(F)ccc2F)CC1. The standard InChI is InChI=1S/C12H12F2O3/c1-17-11(16)10(15)12(4-5-12)8-6-7(13)2-3-9(8)14/h2-3,6,10,15H,4-5H2,1H3. The van der Waals surface area contributed by atoms with Crippen molar-refractivity contribution in [2.24, 2.45) is 0 Å². The van der Waals surface area contributed by atoms with E-state index in [0.717, 1.165) is 25.3 Å². The molecule has 0 bridgehead atoms. The lowest BCUT2D eigenvalue weighted by Crippen LogP contribution is -2.35. The molecule has 0 aliphatic heterocycles. The third-order valence-corrected chi connectivity index (χ3v) is 3.20. The molecule has 1 N–H and O–H groups in total. The summed E-state index contributed by atoms with van der Waals surface area (Å²) in [5, 5.41) is 9.81. The van der Waals surface area contributed by atoms with Crippen LogP contribution in [0.2, 0.25) is 0 Å². The Bertz CT molecular complexity index is 455. The van der Waals surface area contributed by atoms with Gasteiger partial charge in [-0.25, -0.2) is 13.6 Å². The van der Waals surface area contributed by atoms with Crippen LogP contribution in [0.1, 0.15) is 18.4 Å². The van der Waals surface area contributed by atoms with Gasteiger partial charge in [0.15, 0.2) is 6.10 Å². The predicted octanol–water partition coefficient (Wildman–Crippen LogP) is 1.53. The van der Waals surface area contributed by atoms with E-state index in [1.54, 1.807) is 0 Å². The molecule has 92 valence electrons. The van der Waals surface area contributed by atoms with Crippen LogP contribution in [-0.2, 0) is 14.9 Å². The molecule has 1 atom stereocenters. The van der Waals surface area contributed by atoms with Crippen molar-refractivity contribution in [3.8, 4) is 0 Å². The summed E-state index contributed by atoms with van der Waals surface area (Å²) < 4.78 is 31.1. The molecule has 0 heterocycles. The number of esters is 1. The smallest absolute Gasteiger partial charge is 0.335 e. The highest BCUT2D eigenvalue weighted by atomic mass is 19.1. The van der Waals surface area contributed by atoms with Crippen LogP contribution in [0.4, 0.5) is 8.78 Å². The van der Waals surface area contributed by atoms with E-state index in [4.69, 9.17) is 0 Å². The van der Waals surface area contributed by atoms with Crippen LogP contribution in [0.3, 0.4) is 0 Å². The van der Waals surface area contributed by atoms with Gasteiger partial charge in [0.1, 0.15) is 11.6 Å². The van der Waals surface area contributed by atoms with Crippen LogP contribution >= 0.6 is 0 Å². The van der Waals surface area contributed by atoms with Crippen molar-refractivity contribution in [3.05, 3.63) is 35.4 Å². The van der Waals surface area contributed by atoms with Crippen molar-refractivity contribution in [3.63, 3.8) is 0 Å². The Balaban J connectivity index is 2.38. The third kappa shape index (κ3) is 1.91. The van der Waals surface area contributed by atoms with Gasteiger partial charge in [0.25, 0.3) is 0 Å². The largest absolute Gasteiger partial charge is 0.467 e. The lowest BCUT2D eigenvalue weighted by atomic mass is 9.89. The summed E-state index contributed by atoms with van der Waals surface area (Å²) in [6.45, 7) is 0. The lowest BCUT2D eigenvalue weighted by Gasteiger charge is -2.21. The molecule has 1 aliphatic rings. The maximum atomic E-state index is 13.6. The fourth-order valence-electron chi connectivity index (χ4n) is 2.04. The Labute approximate surface area is 97.0 Å². The molecule has 2 rings (SSSR count). The first-order chi connectivity index (χ1) is 8.01. The fraction of sp³-hybridized carbons (Fsp3) is 0.417. The number of rotatable bonds is 3. The summed E-state index contributed by atoms with van der Waals surface area (Å²) >= 11 is 0. The third-order valence-electron chi connectivity index (χ3n) is 3.20. The molecule has 1 aromatic carbocycles. The van der Waals surface area contributed by atoms with Gasteiger partial charge in [-0.05, 0) is 31.0 Å². The van der Waals surface area contributed by atoms with Crippen LogP contribution in [0.15, 0.2) is 18.2 Å². The van der Waals surface area contributed by atoms with Gasteiger partial charge in [0, 0.05) is 11.0 Å². The van der Waals surface area contributed by atoms with Crippen molar-refractivity contribution >= 4 is 5.97 Å². The van der Waals surface area contributed by atoms with Crippen molar-refractivity contribution in [1.29, 1.82) is 0 Å². The molecular formula is C12H12F2O3. The quantitative estimate of drug-likeness (QED) is 0.818. The highest BCUT2D eigenvalue weighted by molar-refractivity contribution is 5.77. The topological polar surface area (TPSA) is 46.5 Å². The monoisotopic (exact) mass is 242 g/mol. The van der Waals surface area contributed by atoms with Gasteiger partial charge in [-0.1, -0.05) is 0 Å². The molecule has 0 spiro atoms. The summed E-state index contributed by atoms with van der Waals surface area (Å²) in [6.07, 6.45) is -0.586. The van der Waals surface area contributed by atoms with Crippen molar-refractivity contribution in [2.75, 3.05) is 7.11 Å². The number of aliphatic hydroxyl groups is 1. The second kappa shape index (κ2) is 4.07. The first-order valence-electron chi connectivity index (χ1n) is 5.23. The Kier molecular flexibility index (Phi) is 2.87. The summed E-state index contributed by atoms with van der Waals surface area (Å²) in [6, 6.07) is 3.02. The van der Waals surface area contributed by atoms with Gasteiger partial charge in [0.05, 0.1) is 7.11 Å². The van der Waals surface area contributed by atoms with Gasteiger partial charge in [0.2, 0.25) is 0 Å². The number of halogens is 2. The summed E-state index contributed by atoms with van der Waals surface area (Å²) in [7, 11) is 1.14. The minimum atomic E-state index is -1.45. The molecule has 0 radical (unpaired) electrons. The average Bonchev–Trinajstić information content (AvgIpc) is 3.11. The molecule has 17 heavy (non-hydrogen) atoms. The van der Waals surface area contributed by atoms with Gasteiger partial charge >= 0.3 is 5.97 Å². The molecule has 5 heteroatoms. The zero-order valence-corrected chi connectivity index (χ0v) is 9.24. The number of benzene rings is 1. The highest BCUT2D eigenvalue weighted by Gasteiger charge is 2.55. The van der Waals surface area contributed by atoms with E-state index in [-0.39, 0.29) is 5.56 Å². The summed E-state index contributed by atoms with van der Waals surface area (Å²) in [5.74, 6) is -2.04. The predicted molar refractivity (Wildman–Crippen MR) is 55.3 cm³/mol. The number of ether oxygens (including phenoxy) is 1. The molecule has 1 fully saturated rings. The van der Waals surface area contributed by atoms with E-state index in [0.29, 0.717) is 12.8 Å². The number of aliphatic hydroxyl groups excluding tert-OH is 1. The maximum absolute atomic E-state index is 13.6. The zero-order valence-electron chi connectivity index (χ0n) is 9.24. The summed E-state index contributed by atoms with van der Waals surface area (Å²) in [4.78, 5) is 11.3. The van der Waals surface area contributed by atoms with Crippen LogP contribution in [0.25, 0.3) is 0 Å². The first-order valence-corrected chi connectivity index (χ1v) is 5.23. The Morgan fingerprint density at radius 2 is 2.12 bits per heavy atom. The molecule has 1 unspecified atom stereocenters. The molecule has 0 amide bonds. The number of methoxy groups -OCH3 is 1. The average molecular weight is 242 g/mol. The Morgan fingerprint density at radius 1 is 1.47 bits per heavy atom. The van der Waals surface area contributed by atoms with Gasteiger partial charge in [-0.15, -0.1) is 0 Å². The van der Waals surface area contributed by atoms with Gasteiger partial charge in [-0.3, -0.25) is 0 Å². The molecule has 0 saturated heterocycles. The molecule has 1 aliphatic carbocycles. The molecule has 1 aromatic rings. The van der Waals surface area contributed by atoms with E-state index in [9.17, 15) is 18.7 Å². The Hall–Kier alpha value is -1.49. The lowest BCUT2D eigenvalue weighted by molar-refractivity contribution is -0.152. The maximum Gasteiger partial charge on any atom is 0.335 e. The van der Waals surface area contributed by atoms with E-state index < -0.39 is 29.1 Å². The van der Waals surface area contributed by atoms with Crippen LogP contribution in [-0.4, -0.2) is 24.3 Å². The van der Waals surface area contributed by atoms with E-state index in [1.807, 2.05) is 0 Å². The minimum absolute atomic E-state index is 0.0374. The number of carbonyl (C=O) groups excluding carboxylic acids is 1. The molecular weight excluding hydrogens is 230 g/mol. The van der Waals surface area contributed by atoms with E-state index >= 15 is 0 Å².